The lowest BCUT2D eigenvalue weighted by Gasteiger charge is -2.03. The third kappa shape index (κ3) is 5.25. The standard InChI is InChI=1S/C28H22F2N2/c1-2-3-4-23-18-31-27(32-19-23)16-12-21-7-5-20(6-8-21)9-10-22-11-14-25-24(17-22)13-15-26(29)28(25)30/h2,5-8,11,13-15,17-19H,1,3-4,12,16H2. The molecule has 2 nitrogen and oxygen atoms in total. The number of benzene rings is 3. The van der Waals surface area contributed by atoms with Crippen LogP contribution in [0.1, 0.15) is 34.5 Å². The molecule has 4 rings (SSSR count). The number of aryl methyl sites for hydroxylation is 3. The van der Waals surface area contributed by atoms with E-state index in [1.165, 1.54) is 5.56 Å². The fourth-order valence-corrected chi connectivity index (χ4v) is 3.41. The Morgan fingerprint density at radius 3 is 2.25 bits per heavy atom. The molecule has 0 aliphatic heterocycles. The summed E-state index contributed by atoms with van der Waals surface area (Å²) in [5.41, 5.74) is 3.96. The molecule has 32 heavy (non-hydrogen) atoms. The van der Waals surface area contributed by atoms with Gasteiger partial charge in [0.15, 0.2) is 11.6 Å². The van der Waals surface area contributed by atoms with Crippen LogP contribution in [0.25, 0.3) is 10.8 Å². The van der Waals surface area contributed by atoms with Gasteiger partial charge < -0.3 is 0 Å². The van der Waals surface area contributed by atoms with Gasteiger partial charge in [-0.1, -0.05) is 42.2 Å². The highest BCUT2D eigenvalue weighted by Crippen LogP contribution is 2.21. The van der Waals surface area contributed by atoms with Crippen molar-refractivity contribution in [1.82, 2.24) is 9.97 Å². The van der Waals surface area contributed by atoms with Gasteiger partial charge in [0, 0.05) is 35.3 Å². The lowest BCUT2D eigenvalue weighted by Crippen LogP contribution is -1.99. The molecule has 0 radical (unpaired) electrons. The third-order valence-electron chi connectivity index (χ3n) is 5.25. The Balaban J connectivity index is 1.38. The maximum Gasteiger partial charge on any atom is 0.166 e. The van der Waals surface area contributed by atoms with E-state index >= 15 is 0 Å². The number of halogens is 2. The summed E-state index contributed by atoms with van der Waals surface area (Å²) in [6.07, 6.45) is 9.16. The SMILES string of the molecule is C=CCCc1cnc(CCc2ccc(C#Cc3ccc4c(F)c(F)ccc4c3)cc2)nc1. The predicted molar refractivity (Wildman–Crippen MR) is 124 cm³/mol. The monoisotopic (exact) mass is 424 g/mol. The Bertz CT molecular complexity index is 1300. The van der Waals surface area contributed by atoms with Gasteiger partial charge in [-0.25, -0.2) is 18.7 Å². The first-order valence-electron chi connectivity index (χ1n) is 10.5. The molecule has 158 valence electrons. The van der Waals surface area contributed by atoms with Crippen LogP contribution in [-0.2, 0) is 19.3 Å². The Labute approximate surface area is 186 Å². The zero-order valence-corrected chi connectivity index (χ0v) is 17.6. The number of aromatic nitrogens is 2. The molecule has 0 spiro atoms. The largest absolute Gasteiger partial charge is 0.241 e. The number of allylic oxidation sites excluding steroid dienone is 1. The summed E-state index contributed by atoms with van der Waals surface area (Å²) in [6.45, 7) is 3.73. The van der Waals surface area contributed by atoms with Gasteiger partial charge in [-0.3, -0.25) is 0 Å². The Kier molecular flexibility index (Phi) is 6.67. The number of rotatable bonds is 6. The molecule has 4 heteroatoms. The van der Waals surface area contributed by atoms with Gasteiger partial charge in [-0.15, -0.1) is 6.58 Å². The average molecular weight is 424 g/mol. The van der Waals surface area contributed by atoms with E-state index in [1.54, 1.807) is 24.3 Å². The molecule has 0 fully saturated rings. The van der Waals surface area contributed by atoms with E-state index in [4.69, 9.17) is 0 Å². The average Bonchev–Trinajstić information content (AvgIpc) is 2.84. The molecule has 0 aliphatic carbocycles. The van der Waals surface area contributed by atoms with Gasteiger partial charge in [0.2, 0.25) is 0 Å². The van der Waals surface area contributed by atoms with Gasteiger partial charge in [0.25, 0.3) is 0 Å². The maximum absolute atomic E-state index is 13.8. The van der Waals surface area contributed by atoms with Crippen molar-refractivity contribution >= 4 is 10.8 Å². The van der Waals surface area contributed by atoms with E-state index in [2.05, 4.69) is 40.5 Å². The lowest BCUT2D eigenvalue weighted by molar-refractivity contribution is 0.517. The fourth-order valence-electron chi connectivity index (χ4n) is 3.41. The van der Waals surface area contributed by atoms with E-state index in [1.807, 2.05) is 30.6 Å². The molecule has 4 aromatic rings. The zero-order valence-electron chi connectivity index (χ0n) is 17.6. The van der Waals surface area contributed by atoms with Crippen LogP contribution in [0.15, 0.2) is 79.6 Å². The van der Waals surface area contributed by atoms with Crippen molar-refractivity contribution < 1.29 is 8.78 Å². The van der Waals surface area contributed by atoms with Crippen LogP contribution in [-0.4, -0.2) is 9.97 Å². The van der Waals surface area contributed by atoms with Crippen LogP contribution in [0.4, 0.5) is 8.78 Å². The first-order valence-corrected chi connectivity index (χ1v) is 10.5. The van der Waals surface area contributed by atoms with Crippen molar-refractivity contribution in [2.45, 2.75) is 25.7 Å². The second kappa shape index (κ2) is 9.98. The van der Waals surface area contributed by atoms with Crippen molar-refractivity contribution in [3.63, 3.8) is 0 Å². The summed E-state index contributed by atoms with van der Waals surface area (Å²) in [5.74, 6) is 5.38. The summed E-state index contributed by atoms with van der Waals surface area (Å²) >= 11 is 0. The quantitative estimate of drug-likeness (QED) is 0.272. The molecule has 3 aromatic carbocycles. The molecule has 0 N–H and O–H groups in total. The minimum atomic E-state index is -0.844. The van der Waals surface area contributed by atoms with Crippen molar-refractivity contribution in [2.75, 3.05) is 0 Å². The molecule has 1 heterocycles. The van der Waals surface area contributed by atoms with E-state index in [0.717, 1.165) is 54.3 Å². The van der Waals surface area contributed by atoms with Crippen LogP contribution in [0.5, 0.6) is 0 Å². The van der Waals surface area contributed by atoms with E-state index in [-0.39, 0.29) is 5.39 Å². The predicted octanol–water partition coefficient (Wildman–Crippen LogP) is 6.21. The fraction of sp³-hybridized carbons (Fsp3) is 0.143. The van der Waals surface area contributed by atoms with Crippen LogP contribution in [0.3, 0.4) is 0 Å². The summed E-state index contributed by atoms with van der Waals surface area (Å²) in [6, 6.07) is 15.8. The van der Waals surface area contributed by atoms with Gasteiger partial charge in [-0.2, -0.15) is 0 Å². The first kappa shape index (κ1) is 21.4. The molecule has 0 bridgehead atoms. The van der Waals surface area contributed by atoms with Crippen molar-refractivity contribution in [3.05, 3.63) is 119 Å². The summed E-state index contributed by atoms with van der Waals surface area (Å²) in [5, 5.41) is 0.886. The van der Waals surface area contributed by atoms with Gasteiger partial charge in [0.05, 0.1) is 0 Å². The molecule has 0 aliphatic rings. The number of fused-ring (bicyclic) bond motifs is 1. The normalized spacial score (nSPS) is 10.6. The van der Waals surface area contributed by atoms with Crippen LogP contribution in [0.2, 0.25) is 0 Å². The highest BCUT2D eigenvalue weighted by molar-refractivity contribution is 5.84. The van der Waals surface area contributed by atoms with E-state index in [9.17, 15) is 8.78 Å². The summed E-state index contributed by atoms with van der Waals surface area (Å²) < 4.78 is 27.2. The van der Waals surface area contributed by atoms with Gasteiger partial charge in [0.1, 0.15) is 5.82 Å². The number of hydrogen-bond acceptors (Lipinski definition) is 2. The highest BCUT2D eigenvalue weighted by Gasteiger charge is 2.06. The molecular weight excluding hydrogens is 402 g/mol. The smallest absolute Gasteiger partial charge is 0.166 e. The van der Waals surface area contributed by atoms with E-state index in [0.29, 0.717) is 5.39 Å². The minimum absolute atomic E-state index is 0.260. The van der Waals surface area contributed by atoms with Gasteiger partial charge in [-0.05, 0) is 66.1 Å². The second-order valence-electron chi connectivity index (χ2n) is 7.58. The van der Waals surface area contributed by atoms with E-state index < -0.39 is 11.6 Å². The zero-order chi connectivity index (χ0) is 22.3. The highest BCUT2D eigenvalue weighted by atomic mass is 19.2. The Morgan fingerprint density at radius 2 is 1.50 bits per heavy atom. The molecule has 0 unspecified atom stereocenters. The molecule has 0 atom stereocenters. The molecular formula is C28H22F2N2. The molecule has 0 saturated heterocycles. The summed E-state index contributed by atoms with van der Waals surface area (Å²) in [4.78, 5) is 8.89. The maximum atomic E-state index is 13.8. The Hall–Kier alpha value is -3.84. The molecule has 0 saturated carbocycles. The minimum Gasteiger partial charge on any atom is -0.241 e. The Morgan fingerprint density at radius 1 is 0.781 bits per heavy atom. The number of nitrogens with zero attached hydrogens (tertiary/aromatic N) is 2. The van der Waals surface area contributed by atoms with Crippen molar-refractivity contribution in [3.8, 4) is 11.8 Å². The van der Waals surface area contributed by atoms with Crippen LogP contribution < -0.4 is 0 Å². The van der Waals surface area contributed by atoms with Crippen molar-refractivity contribution in [2.24, 2.45) is 0 Å². The number of hydrogen-bond donors (Lipinski definition) is 0. The lowest BCUT2D eigenvalue weighted by atomic mass is 10.1. The van der Waals surface area contributed by atoms with Crippen LogP contribution >= 0.6 is 0 Å². The van der Waals surface area contributed by atoms with Gasteiger partial charge >= 0.3 is 0 Å². The molecule has 1 aromatic heterocycles. The third-order valence-corrected chi connectivity index (χ3v) is 5.25. The molecule has 0 amide bonds. The summed E-state index contributed by atoms with van der Waals surface area (Å²) in [7, 11) is 0. The van der Waals surface area contributed by atoms with Crippen molar-refractivity contribution in [1.29, 1.82) is 0 Å². The second-order valence-corrected chi connectivity index (χ2v) is 7.58. The first-order chi connectivity index (χ1) is 15.6. The van der Waals surface area contributed by atoms with Crippen LogP contribution in [0, 0.1) is 23.5 Å². The topological polar surface area (TPSA) is 25.8 Å².